The molecule has 210 valence electrons. The lowest BCUT2D eigenvalue weighted by Crippen LogP contribution is -2.38. The van der Waals surface area contributed by atoms with E-state index in [0.29, 0.717) is 25.7 Å². The first kappa shape index (κ1) is 30.9. The fourth-order valence-electron chi connectivity index (χ4n) is 4.06. The first-order valence-corrected chi connectivity index (χ1v) is 13.4. The molecule has 12 heteroatoms. The molecule has 0 aliphatic heterocycles. The molecule has 0 atom stereocenters. The van der Waals surface area contributed by atoms with Crippen LogP contribution in [-0.4, -0.2) is 83.8 Å². The van der Waals surface area contributed by atoms with Gasteiger partial charge in [0, 0.05) is 71.1 Å². The minimum Gasteiger partial charge on any atom is -0.354 e. The molecule has 0 aliphatic carbocycles. The minimum absolute atomic E-state index is 0.00556. The molecule has 2 aromatic rings. The molecule has 0 aliphatic rings. The zero-order chi connectivity index (χ0) is 27.9. The second-order valence-corrected chi connectivity index (χ2v) is 10.2. The van der Waals surface area contributed by atoms with Crippen molar-refractivity contribution in [3.05, 3.63) is 23.8 Å². The molecule has 0 aromatic carbocycles. The summed E-state index contributed by atoms with van der Waals surface area (Å²) in [6, 6.07) is 0.140. The number of rotatable bonds is 20. The van der Waals surface area contributed by atoms with Crippen LogP contribution in [-0.2, 0) is 46.1 Å². The molecule has 12 nitrogen and oxygen atoms in total. The number of Topliss-reactive ketones (excluding diaryl/α,β-unsaturated/α-hetero) is 3. The summed E-state index contributed by atoms with van der Waals surface area (Å²) in [6.07, 6.45) is 9.11. The van der Waals surface area contributed by atoms with Crippen molar-refractivity contribution in [2.24, 2.45) is 14.1 Å². The highest BCUT2D eigenvalue weighted by atomic mass is 16.2. The Kier molecular flexibility index (Phi) is 13.5. The summed E-state index contributed by atoms with van der Waals surface area (Å²) in [7, 11) is 3.53. The number of unbranched alkanes of at least 4 members (excludes halogenated alkanes) is 3. The Labute approximate surface area is 224 Å². The first-order chi connectivity index (χ1) is 18.1. The van der Waals surface area contributed by atoms with Crippen molar-refractivity contribution < 1.29 is 19.2 Å². The number of aromatic nitrogens is 6. The van der Waals surface area contributed by atoms with Gasteiger partial charge in [-0.3, -0.25) is 33.4 Å². The molecule has 1 N–H and O–H groups in total. The van der Waals surface area contributed by atoms with Gasteiger partial charge in [-0.25, -0.2) is 0 Å². The molecule has 0 spiro atoms. The molecule has 0 saturated carbocycles. The predicted octanol–water partition coefficient (Wildman–Crippen LogP) is 1.38. The van der Waals surface area contributed by atoms with E-state index in [1.165, 1.54) is 0 Å². The second kappa shape index (κ2) is 16.5. The van der Waals surface area contributed by atoms with Crippen molar-refractivity contribution in [2.75, 3.05) is 19.6 Å². The molecule has 38 heavy (non-hydrogen) atoms. The van der Waals surface area contributed by atoms with Crippen LogP contribution in [0.2, 0.25) is 0 Å². The fourth-order valence-corrected chi connectivity index (χ4v) is 4.06. The van der Waals surface area contributed by atoms with Crippen molar-refractivity contribution in [3.63, 3.8) is 0 Å². The predicted molar refractivity (Wildman–Crippen MR) is 141 cm³/mol. The van der Waals surface area contributed by atoms with Crippen LogP contribution < -0.4 is 5.32 Å². The SMILES string of the molecule is CC(C)NC(=O)CCCCCCC(=O)CN(CC(=O)CCc1cn(C)nn1)CC(=O)CCc1cn(C)nn1. The van der Waals surface area contributed by atoms with E-state index in [2.05, 4.69) is 25.9 Å². The van der Waals surface area contributed by atoms with E-state index in [-0.39, 0.29) is 61.8 Å². The summed E-state index contributed by atoms with van der Waals surface area (Å²) >= 11 is 0. The van der Waals surface area contributed by atoms with Crippen LogP contribution in [0.3, 0.4) is 0 Å². The molecule has 0 radical (unpaired) electrons. The topological polar surface area (TPSA) is 145 Å². The van der Waals surface area contributed by atoms with E-state index in [0.717, 1.165) is 37.1 Å². The normalized spacial score (nSPS) is 11.3. The van der Waals surface area contributed by atoms with Gasteiger partial charge < -0.3 is 5.32 Å². The van der Waals surface area contributed by atoms with Crippen molar-refractivity contribution >= 4 is 23.3 Å². The average Bonchev–Trinajstić information content (AvgIpc) is 3.45. The molecular formula is C26H42N8O4. The van der Waals surface area contributed by atoms with Crippen molar-refractivity contribution in [2.45, 2.75) is 84.1 Å². The van der Waals surface area contributed by atoms with Gasteiger partial charge in [0.1, 0.15) is 17.3 Å². The lowest BCUT2D eigenvalue weighted by atomic mass is 10.1. The number of aryl methyl sites for hydroxylation is 4. The molecule has 2 rings (SSSR count). The number of carbonyl (C=O) groups excluding carboxylic acids is 4. The number of amides is 1. The van der Waals surface area contributed by atoms with Crippen molar-refractivity contribution in [1.29, 1.82) is 0 Å². The molecule has 0 unspecified atom stereocenters. The second-order valence-electron chi connectivity index (χ2n) is 10.2. The Hall–Kier alpha value is -3.28. The van der Waals surface area contributed by atoms with Crippen molar-refractivity contribution in [1.82, 2.24) is 40.2 Å². The maximum absolute atomic E-state index is 12.7. The Morgan fingerprint density at radius 3 is 1.61 bits per heavy atom. The minimum atomic E-state index is -0.0511. The van der Waals surface area contributed by atoms with Gasteiger partial charge in [0.2, 0.25) is 5.91 Å². The lowest BCUT2D eigenvalue weighted by Gasteiger charge is -2.20. The first-order valence-electron chi connectivity index (χ1n) is 13.4. The van der Waals surface area contributed by atoms with Gasteiger partial charge in [-0.1, -0.05) is 23.3 Å². The van der Waals surface area contributed by atoms with Crippen LogP contribution >= 0.6 is 0 Å². The Morgan fingerprint density at radius 1 is 0.737 bits per heavy atom. The van der Waals surface area contributed by atoms with Gasteiger partial charge in [0.25, 0.3) is 0 Å². The summed E-state index contributed by atoms with van der Waals surface area (Å²) in [5.74, 6) is -0.0413. The maximum Gasteiger partial charge on any atom is 0.220 e. The Morgan fingerprint density at radius 2 is 1.18 bits per heavy atom. The summed E-state index contributed by atoms with van der Waals surface area (Å²) in [5.41, 5.74) is 1.45. The van der Waals surface area contributed by atoms with Crippen LogP contribution in [0.25, 0.3) is 0 Å². The maximum atomic E-state index is 12.7. The summed E-state index contributed by atoms with van der Waals surface area (Å²) in [6.45, 7) is 4.00. The summed E-state index contributed by atoms with van der Waals surface area (Å²) in [4.78, 5) is 51.3. The molecule has 0 bridgehead atoms. The zero-order valence-electron chi connectivity index (χ0n) is 23.2. The van der Waals surface area contributed by atoms with Crippen molar-refractivity contribution in [3.8, 4) is 0 Å². The van der Waals surface area contributed by atoms with Crippen LogP contribution in [0.15, 0.2) is 12.4 Å². The highest BCUT2D eigenvalue weighted by Crippen LogP contribution is 2.08. The Bertz CT molecular complexity index is 987. The van der Waals surface area contributed by atoms with E-state index >= 15 is 0 Å². The van der Waals surface area contributed by atoms with Gasteiger partial charge in [-0.2, -0.15) is 0 Å². The van der Waals surface area contributed by atoms with Crippen LogP contribution in [0, 0.1) is 0 Å². The highest BCUT2D eigenvalue weighted by molar-refractivity contribution is 5.86. The van der Waals surface area contributed by atoms with E-state index in [1.54, 1.807) is 40.8 Å². The molecule has 0 fully saturated rings. The third kappa shape index (κ3) is 13.3. The smallest absolute Gasteiger partial charge is 0.220 e. The molecule has 0 saturated heterocycles. The number of hydrogen-bond acceptors (Lipinski definition) is 9. The van der Waals surface area contributed by atoms with E-state index < -0.39 is 0 Å². The third-order valence-corrected chi connectivity index (χ3v) is 5.88. The van der Waals surface area contributed by atoms with Gasteiger partial charge in [0.05, 0.1) is 31.0 Å². The van der Waals surface area contributed by atoms with Gasteiger partial charge in [-0.05, 0) is 26.7 Å². The molecular weight excluding hydrogens is 488 g/mol. The zero-order valence-corrected chi connectivity index (χ0v) is 23.2. The van der Waals surface area contributed by atoms with Gasteiger partial charge in [0.15, 0.2) is 0 Å². The van der Waals surface area contributed by atoms with E-state index in [9.17, 15) is 19.2 Å². The fraction of sp³-hybridized carbons (Fsp3) is 0.692. The van der Waals surface area contributed by atoms with E-state index in [4.69, 9.17) is 0 Å². The number of hydrogen-bond donors (Lipinski definition) is 1. The lowest BCUT2D eigenvalue weighted by molar-refractivity contribution is -0.126. The third-order valence-electron chi connectivity index (χ3n) is 5.88. The molecule has 2 aromatic heterocycles. The monoisotopic (exact) mass is 530 g/mol. The van der Waals surface area contributed by atoms with Crippen LogP contribution in [0.4, 0.5) is 0 Å². The summed E-state index contributed by atoms with van der Waals surface area (Å²) < 4.78 is 3.17. The molecule has 1 amide bonds. The van der Waals surface area contributed by atoms with Crippen LogP contribution in [0.5, 0.6) is 0 Å². The molecule has 2 heterocycles. The number of ketones is 3. The largest absolute Gasteiger partial charge is 0.354 e. The highest BCUT2D eigenvalue weighted by Gasteiger charge is 2.18. The summed E-state index contributed by atoms with van der Waals surface area (Å²) in [5, 5.41) is 18.6. The van der Waals surface area contributed by atoms with Gasteiger partial charge >= 0.3 is 0 Å². The number of nitrogens with one attached hydrogen (secondary N) is 1. The number of carbonyl (C=O) groups is 4. The number of nitrogens with zero attached hydrogens (tertiary/aromatic N) is 7. The van der Waals surface area contributed by atoms with Gasteiger partial charge in [-0.15, -0.1) is 10.2 Å². The average molecular weight is 531 g/mol. The Balaban J connectivity index is 1.78. The quantitative estimate of drug-likeness (QED) is 0.251. The standard InChI is InChI=1S/C26H42N8O4/c1-20(2)27-26(38)10-8-6-5-7-9-23(35)17-34(18-24(36)13-11-21-15-32(3)30-28-21)19-25(37)14-12-22-16-33(4)31-29-22/h15-16,20H,5-14,17-19H2,1-4H3,(H,27,38). The van der Waals surface area contributed by atoms with E-state index in [1.807, 2.05) is 13.8 Å². The van der Waals surface area contributed by atoms with Crippen LogP contribution in [0.1, 0.15) is 76.6 Å².